The van der Waals surface area contributed by atoms with E-state index in [0.29, 0.717) is 5.13 Å². The lowest BCUT2D eigenvalue weighted by molar-refractivity contribution is -0.116. The number of aromatic nitrogens is 2. The number of anilines is 1. The molecule has 0 spiro atoms. The number of carbonyl (C=O) groups is 2. The maximum absolute atomic E-state index is 12.3. The van der Waals surface area contributed by atoms with Crippen LogP contribution in [0, 0.1) is 6.92 Å². The number of fused-ring (bicyclic) bond motifs is 1. The van der Waals surface area contributed by atoms with Crippen molar-refractivity contribution >= 4 is 39.2 Å². The van der Waals surface area contributed by atoms with Crippen molar-refractivity contribution in [3.05, 3.63) is 47.6 Å². The fraction of sp³-hybridized carbons (Fsp3) is 0.188. The summed E-state index contributed by atoms with van der Waals surface area (Å²) in [6, 6.07) is 9.57. The van der Waals surface area contributed by atoms with Gasteiger partial charge in [-0.05, 0) is 19.1 Å². The molecule has 5 nitrogen and oxygen atoms in total. The van der Waals surface area contributed by atoms with Crippen LogP contribution >= 0.6 is 11.3 Å². The number of hydrogen-bond acceptors (Lipinski definition) is 4. The van der Waals surface area contributed by atoms with Crippen molar-refractivity contribution in [2.75, 3.05) is 5.32 Å². The molecule has 2 heterocycles. The van der Waals surface area contributed by atoms with Crippen molar-refractivity contribution in [1.82, 2.24) is 9.55 Å². The number of rotatable bonds is 4. The maximum Gasteiger partial charge on any atom is 0.231 e. The van der Waals surface area contributed by atoms with Crippen molar-refractivity contribution < 1.29 is 9.59 Å². The number of para-hydroxylation sites is 1. The second-order valence-corrected chi connectivity index (χ2v) is 5.84. The highest BCUT2D eigenvalue weighted by Gasteiger charge is 2.12. The maximum atomic E-state index is 12.3. The molecule has 1 aromatic carbocycles. The Hall–Kier alpha value is -2.47. The molecule has 112 valence electrons. The molecule has 0 unspecified atom stereocenters. The molecule has 3 rings (SSSR count). The predicted octanol–water partition coefficient (Wildman–Crippen LogP) is 3.47. The molecule has 0 radical (unpaired) electrons. The van der Waals surface area contributed by atoms with Crippen molar-refractivity contribution in [3.63, 3.8) is 0 Å². The summed E-state index contributed by atoms with van der Waals surface area (Å²) < 4.78 is 1.59. The summed E-state index contributed by atoms with van der Waals surface area (Å²) in [5, 5.41) is 6.16. The van der Waals surface area contributed by atoms with Crippen LogP contribution in [0.2, 0.25) is 0 Å². The smallest absolute Gasteiger partial charge is 0.231 e. The lowest BCUT2D eigenvalue weighted by atomic mass is 10.2. The third kappa shape index (κ3) is 3.07. The van der Waals surface area contributed by atoms with Crippen molar-refractivity contribution in [2.45, 2.75) is 19.8 Å². The third-order valence-electron chi connectivity index (χ3n) is 3.30. The molecular formula is C16H15N3O2S. The van der Waals surface area contributed by atoms with Crippen LogP contribution in [0.5, 0.6) is 0 Å². The largest absolute Gasteiger partial charge is 0.302 e. The van der Waals surface area contributed by atoms with Gasteiger partial charge in [0.2, 0.25) is 11.8 Å². The number of benzene rings is 1. The molecule has 0 saturated heterocycles. The standard InChI is InChI=1S/C16H15N3O2S/c1-11-10-22-16(17-11)18-14(20)6-7-15(21)19-9-8-12-4-2-3-5-13(12)19/h2-5,8-10H,6-7H2,1H3,(H,17,18,20). The number of hydrogen-bond donors (Lipinski definition) is 1. The predicted molar refractivity (Wildman–Crippen MR) is 87.3 cm³/mol. The normalized spacial score (nSPS) is 10.8. The van der Waals surface area contributed by atoms with Gasteiger partial charge >= 0.3 is 0 Å². The Morgan fingerprint density at radius 1 is 1.23 bits per heavy atom. The van der Waals surface area contributed by atoms with Crippen LogP contribution in [0.4, 0.5) is 5.13 Å². The summed E-state index contributed by atoms with van der Waals surface area (Å²) in [5.74, 6) is -0.286. The minimum absolute atomic E-state index is 0.0910. The lowest BCUT2D eigenvalue weighted by Crippen LogP contribution is -2.16. The number of nitrogens with zero attached hydrogens (tertiary/aromatic N) is 2. The van der Waals surface area contributed by atoms with Crippen molar-refractivity contribution in [3.8, 4) is 0 Å². The van der Waals surface area contributed by atoms with Gasteiger partial charge in [0, 0.05) is 29.8 Å². The number of nitrogens with one attached hydrogen (secondary N) is 1. The quantitative estimate of drug-likeness (QED) is 0.802. The molecule has 0 aliphatic rings. The summed E-state index contributed by atoms with van der Waals surface area (Å²) in [6.45, 7) is 1.87. The summed E-state index contributed by atoms with van der Waals surface area (Å²) >= 11 is 1.38. The average Bonchev–Trinajstić information content (AvgIpc) is 3.11. The number of carbonyl (C=O) groups excluding carboxylic acids is 2. The monoisotopic (exact) mass is 313 g/mol. The minimum atomic E-state index is -0.195. The first-order valence-corrected chi connectivity index (χ1v) is 7.83. The topological polar surface area (TPSA) is 64.0 Å². The first-order valence-electron chi connectivity index (χ1n) is 6.95. The van der Waals surface area contributed by atoms with E-state index in [4.69, 9.17) is 0 Å². The van der Waals surface area contributed by atoms with Gasteiger partial charge in [-0.2, -0.15) is 0 Å². The summed E-state index contributed by atoms with van der Waals surface area (Å²) in [6.07, 6.45) is 2.05. The van der Waals surface area contributed by atoms with Crippen LogP contribution in [0.25, 0.3) is 10.9 Å². The van der Waals surface area contributed by atoms with Crippen LogP contribution in [-0.2, 0) is 4.79 Å². The van der Waals surface area contributed by atoms with E-state index in [1.54, 1.807) is 10.8 Å². The van der Waals surface area contributed by atoms with E-state index in [-0.39, 0.29) is 24.7 Å². The molecule has 0 atom stereocenters. The van der Waals surface area contributed by atoms with Gasteiger partial charge in [-0.25, -0.2) is 4.98 Å². The molecule has 0 aliphatic carbocycles. The van der Waals surface area contributed by atoms with E-state index in [1.807, 2.05) is 42.6 Å². The van der Waals surface area contributed by atoms with Gasteiger partial charge in [-0.1, -0.05) is 18.2 Å². The van der Waals surface area contributed by atoms with E-state index < -0.39 is 0 Å². The van der Waals surface area contributed by atoms with Gasteiger partial charge in [0.1, 0.15) is 0 Å². The molecule has 0 fully saturated rings. The lowest BCUT2D eigenvalue weighted by Gasteiger charge is -2.04. The second-order valence-electron chi connectivity index (χ2n) is 4.98. The van der Waals surface area contributed by atoms with Gasteiger partial charge in [0.15, 0.2) is 5.13 Å². The Morgan fingerprint density at radius 2 is 2.05 bits per heavy atom. The Balaban J connectivity index is 1.61. The highest BCUT2D eigenvalue weighted by molar-refractivity contribution is 7.13. The van der Waals surface area contributed by atoms with E-state index in [0.717, 1.165) is 16.6 Å². The summed E-state index contributed by atoms with van der Waals surface area (Å²) in [4.78, 5) is 28.3. The van der Waals surface area contributed by atoms with Crippen LogP contribution < -0.4 is 5.32 Å². The Labute approximate surface area is 131 Å². The molecule has 0 aliphatic heterocycles. The zero-order chi connectivity index (χ0) is 15.5. The first-order chi connectivity index (χ1) is 10.6. The second kappa shape index (κ2) is 6.11. The fourth-order valence-corrected chi connectivity index (χ4v) is 2.94. The van der Waals surface area contributed by atoms with E-state index >= 15 is 0 Å². The number of amides is 1. The zero-order valence-electron chi connectivity index (χ0n) is 12.1. The Bertz CT molecular complexity index is 835. The molecule has 1 amide bonds. The molecule has 6 heteroatoms. The minimum Gasteiger partial charge on any atom is -0.302 e. The van der Waals surface area contributed by atoms with Crippen LogP contribution in [0.1, 0.15) is 23.3 Å². The molecule has 2 aromatic heterocycles. The highest BCUT2D eigenvalue weighted by Crippen LogP contribution is 2.17. The van der Waals surface area contributed by atoms with Crippen LogP contribution in [-0.4, -0.2) is 21.4 Å². The third-order valence-corrected chi connectivity index (χ3v) is 4.18. The van der Waals surface area contributed by atoms with Gasteiger partial charge in [-0.3, -0.25) is 14.2 Å². The molecule has 22 heavy (non-hydrogen) atoms. The van der Waals surface area contributed by atoms with Crippen LogP contribution in [0.15, 0.2) is 41.9 Å². The first kappa shape index (κ1) is 14.5. The molecule has 0 saturated carbocycles. The van der Waals surface area contributed by atoms with Crippen LogP contribution in [0.3, 0.4) is 0 Å². The van der Waals surface area contributed by atoms with Gasteiger partial charge in [0.25, 0.3) is 0 Å². The van der Waals surface area contributed by atoms with E-state index in [9.17, 15) is 9.59 Å². The number of thiazole rings is 1. The Morgan fingerprint density at radius 3 is 2.82 bits per heavy atom. The van der Waals surface area contributed by atoms with Crippen molar-refractivity contribution in [2.24, 2.45) is 0 Å². The SMILES string of the molecule is Cc1csc(NC(=O)CCC(=O)n2ccc3ccccc32)n1. The fourth-order valence-electron chi connectivity index (χ4n) is 2.23. The van der Waals surface area contributed by atoms with Gasteiger partial charge in [0.05, 0.1) is 11.2 Å². The molecule has 1 N–H and O–H groups in total. The number of aryl methyl sites for hydroxylation is 1. The van der Waals surface area contributed by atoms with Gasteiger partial charge in [-0.15, -0.1) is 11.3 Å². The molecule has 3 aromatic rings. The highest BCUT2D eigenvalue weighted by atomic mass is 32.1. The average molecular weight is 313 g/mol. The molecular weight excluding hydrogens is 298 g/mol. The summed E-state index contributed by atoms with van der Waals surface area (Å²) in [7, 11) is 0. The zero-order valence-corrected chi connectivity index (χ0v) is 12.9. The van der Waals surface area contributed by atoms with Gasteiger partial charge < -0.3 is 5.32 Å². The van der Waals surface area contributed by atoms with Crippen molar-refractivity contribution in [1.29, 1.82) is 0 Å². The Kier molecular flexibility index (Phi) is 4.02. The summed E-state index contributed by atoms with van der Waals surface area (Å²) in [5.41, 5.74) is 1.73. The molecule has 0 bridgehead atoms. The van der Waals surface area contributed by atoms with E-state index in [2.05, 4.69) is 10.3 Å². The van der Waals surface area contributed by atoms with E-state index in [1.165, 1.54) is 11.3 Å².